The van der Waals surface area contributed by atoms with Gasteiger partial charge in [-0.2, -0.15) is 0 Å². The van der Waals surface area contributed by atoms with E-state index in [1.54, 1.807) is 7.11 Å². The van der Waals surface area contributed by atoms with Crippen LogP contribution in [-0.2, 0) is 14.3 Å². The molecule has 2 aliphatic rings. The van der Waals surface area contributed by atoms with Gasteiger partial charge >= 0.3 is 5.97 Å². The summed E-state index contributed by atoms with van der Waals surface area (Å²) in [4.78, 5) is 13.3. The van der Waals surface area contributed by atoms with Crippen LogP contribution in [0, 0.1) is 0 Å². The predicted molar refractivity (Wildman–Crippen MR) is 55.5 cm³/mol. The van der Waals surface area contributed by atoms with Crippen molar-refractivity contribution in [3.05, 3.63) is 0 Å². The molecule has 0 aromatic rings. The third-order valence-corrected chi connectivity index (χ3v) is 3.71. The second-order valence-electron chi connectivity index (χ2n) is 4.60. The zero-order valence-corrected chi connectivity index (χ0v) is 9.60. The zero-order chi connectivity index (χ0) is 11.0. The fourth-order valence-electron chi connectivity index (χ4n) is 2.96. The Morgan fingerprint density at radius 1 is 1.33 bits per heavy atom. The van der Waals surface area contributed by atoms with Crippen molar-refractivity contribution in [1.29, 1.82) is 0 Å². The van der Waals surface area contributed by atoms with Crippen LogP contribution in [0.4, 0.5) is 0 Å². The van der Waals surface area contributed by atoms with E-state index in [1.165, 1.54) is 6.92 Å². The van der Waals surface area contributed by atoms with Gasteiger partial charge in [-0.1, -0.05) is 0 Å². The lowest BCUT2D eigenvalue weighted by Gasteiger charge is -2.36. The van der Waals surface area contributed by atoms with Crippen LogP contribution >= 0.6 is 0 Å². The third-order valence-electron chi connectivity index (χ3n) is 3.71. The lowest BCUT2D eigenvalue weighted by molar-refractivity contribution is -0.150. The molecule has 0 saturated carbocycles. The van der Waals surface area contributed by atoms with E-state index in [9.17, 15) is 4.79 Å². The highest BCUT2D eigenvalue weighted by Crippen LogP contribution is 2.37. The number of carbonyl (C=O) groups is 1. The van der Waals surface area contributed by atoms with Crippen molar-refractivity contribution in [1.82, 2.24) is 4.90 Å². The van der Waals surface area contributed by atoms with Crippen LogP contribution in [0.25, 0.3) is 0 Å². The Kier molecular flexibility index (Phi) is 2.98. The zero-order valence-electron chi connectivity index (χ0n) is 9.60. The number of carbonyl (C=O) groups excluding carboxylic acids is 1. The summed E-state index contributed by atoms with van der Waals surface area (Å²) in [6.07, 6.45) is 3.32. The predicted octanol–water partition coefficient (Wildman–Crippen LogP) is 0.800. The second-order valence-corrected chi connectivity index (χ2v) is 4.60. The number of hydrogen-bond acceptors (Lipinski definition) is 4. The number of likely N-dealkylation sites (N-methyl/N-ethyl adjacent to an activating group) is 1. The monoisotopic (exact) mass is 213 g/mol. The van der Waals surface area contributed by atoms with Crippen molar-refractivity contribution in [2.45, 2.75) is 50.5 Å². The van der Waals surface area contributed by atoms with E-state index < -0.39 is 0 Å². The number of hydrogen-bond donors (Lipinski definition) is 0. The first-order valence-electron chi connectivity index (χ1n) is 5.53. The highest BCUT2D eigenvalue weighted by molar-refractivity contribution is 5.66. The van der Waals surface area contributed by atoms with Crippen LogP contribution in [0.15, 0.2) is 0 Å². The quantitative estimate of drug-likeness (QED) is 0.636. The van der Waals surface area contributed by atoms with Crippen LogP contribution < -0.4 is 0 Å². The summed E-state index contributed by atoms with van der Waals surface area (Å²) in [7, 11) is 3.90. The van der Waals surface area contributed by atoms with Crippen LogP contribution in [0.2, 0.25) is 0 Å². The number of nitrogens with zero attached hydrogens (tertiary/aromatic N) is 1. The van der Waals surface area contributed by atoms with Crippen molar-refractivity contribution in [2.75, 3.05) is 14.2 Å². The number of piperidine rings is 1. The molecular weight excluding hydrogens is 194 g/mol. The van der Waals surface area contributed by atoms with Crippen molar-refractivity contribution in [3.63, 3.8) is 0 Å². The molecule has 2 rings (SSSR count). The van der Waals surface area contributed by atoms with Gasteiger partial charge in [0.1, 0.15) is 6.10 Å². The molecule has 4 nitrogen and oxygen atoms in total. The Hall–Kier alpha value is -0.610. The molecule has 86 valence electrons. The van der Waals surface area contributed by atoms with Gasteiger partial charge in [-0.15, -0.1) is 0 Å². The highest BCUT2D eigenvalue weighted by Gasteiger charge is 2.45. The molecule has 4 heteroatoms. The van der Waals surface area contributed by atoms with Gasteiger partial charge in [0.05, 0.1) is 6.10 Å². The first kappa shape index (κ1) is 10.9. The summed E-state index contributed by atoms with van der Waals surface area (Å²) in [5.74, 6) is -0.169. The smallest absolute Gasteiger partial charge is 0.302 e. The molecule has 4 unspecified atom stereocenters. The molecular formula is C11H19NO3. The molecule has 0 spiro atoms. The van der Waals surface area contributed by atoms with Gasteiger partial charge in [-0.05, 0) is 13.5 Å². The fraction of sp³-hybridized carbons (Fsp3) is 0.909. The van der Waals surface area contributed by atoms with Crippen molar-refractivity contribution in [3.8, 4) is 0 Å². The molecule has 2 saturated heterocycles. The summed E-state index contributed by atoms with van der Waals surface area (Å²) in [5.41, 5.74) is 0. The molecule has 0 amide bonds. The Morgan fingerprint density at radius 2 is 2.07 bits per heavy atom. The molecule has 4 atom stereocenters. The molecule has 2 heterocycles. The van der Waals surface area contributed by atoms with Gasteiger partial charge < -0.3 is 9.47 Å². The fourth-order valence-corrected chi connectivity index (χ4v) is 2.96. The summed E-state index contributed by atoms with van der Waals surface area (Å²) in [6, 6.07) is 0.927. The number of esters is 1. The lowest BCUT2D eigenvalue weighted by atomic mass is 10.0. The normalized spacial score (nSPS) is 40.5. The van der Waals surface area contributed by atoms with Crippen molar-refractivity contribution < 1.29 is 14.3 Å². The molecule has 0 aliphatic carbocycles. The minimum absolute atomic E-state index is 0.0915. The van der Waals surface area contributed by atoms with E-state index in [-0.39, 0.29) is 12.1 Å². The first-order chi connectivity index (χ1) is 7.11. The van der Waals surface area contributed by atoms with E-state index in [1.807, 2.05) is 0 Å². The number of ether oxygens (including phenoxy) is 2. The largest absolute Gasteiger partial charge is 0.462 e. The minimum Gasteiger partial charge on any atom is -0.462 e. The van der Waals surface area contributed by atoms with Crippen LogP contribution in [-0.4, -0.2) is 49.3 Å². The topological polar surface area (TPSA) is 38.8 Å². The highest BCUT2D eigenvalue weighted by atomic mass is 16.5. The van der Waals surface area contributed by atoms with Gasteiger partial charge in [-0.3, -0.25) is 9.69 Å². The number of rotatable bonds is 2. The maximum atomic E-state index is 10.9. The van der Waals surface area contributed by atoms with E-state index >= 15 is 0 Å². The summed E-state index contributed by atoms with van der Waals surface area (Å²) in [5, 5.41) is 0. The standard InChI is InChI=1S/C11H19NO3/c1-7(13)15-9-4-8-5-11(14-3)10(6-9)12(8)2/h8-11H,4-6H2,1-3H3. The molecule has 0 aromatic carbocycles. The second kappa shape index (κ2) is 4.10. The van der Waals surface area contributed by atoms with E-state index in [0.717, 1.165) is 19.3 Å². The van der Waals surface area contributed by atoms with Crippen LogP contribution in [0.1, 0.15) is 26.2 Å². The molecule has 2 bridgehead atoms. The van der Waals surface area contributed by atoms with Crippen molar-refractivity contribution in [2.24, 2.45) is 0 Å². The van der Waals surface area contributed by atoms with Crippen LogP contribution in [0.5, 0.6) is 0 Å². The average molecular weight is 213 g/mol. The Balaban J connectivity index is 2.01. The van der Waals surface area contributed by atoms with Gasteiger partial charge in [0, 0.05) is 39.0 Å². The molecule has 0 aromatic heterocycles. The lowest BCUT2D eigenvalue weighted by Crippen LogP contribution is -2.45. The SMILES string of the molecule is COC1CC2CC(OC(C)=O)CC1N2C. The van der Waals surface area contributed by atoms with Gasteiger partial charge in [0.15, 0.2) is 0 Å². The molecule has 2 fully saturated rings. The Morgan fingerprint density at radius 3 is 2.67 bits per heavy atom. The summed E-state index contributed by atoms with van der Waals surface area (Å²) >= 11 is 0. The van der Waals surface area contributed by atoms with Gasteiger partial charge in [0.25, 0.3) is 0 Å². The number of methoxy groups -OCH3 is 1. The maximum Gasteiger partial charge on any atom is 0.302 e. The van der Waals surface area contributed by atoms with Gasteiger partial charge in [0.2, 0.25) is 0 Å². The molecule has 0 radical (unpaired) electrons. The average Bonchev–Trinajstić information content (AvgIpc) is 2.37. The number of fused-ring (bicyclic) bond motifs is 2. The Bertz CT molecular complexity index is 256. The van der Waals surface area contributed by atoms with E-state index in [4.69, 9.17) is 9.47 Å². The van der Waals surface area contributed by atoms with Crippen LogP contribution in [0.3, 0.4) is 0 Å². The molecule has 0 N–H and O–H groups in total. The first-order valence-corrected chi connectivity index (χ1v) is 5.53. The minimum atomic E-state index is -0.169. The summed E-state index contributed by atoms with van der Waals surface area (Å²) in [6.45, 7) is 1.48. The maximum absolute atomic E-state index is 10.9. The molecule has 2 aliphatic heterocycles. The summed E-state index contributed by atoms with van der Waals surface area (Å²) < 4.78 is 10.8. The van der Waals surface area contributed by atoms with E-state index in [0.29, 0.717) is 18.2 Å². The van der Waals surface area contributed by atoms with Gasteiger partial charge in [-0.25, -0.2) is 0 Å². The van der Waals surface area contributed by atoms with E-state index in [2.05, 4.69) is 11.9 Å². The third kappa shape index (κ3) is 2.01. The molecule has 15 heavy (non-hydrogen) atoms. The van der Waals surface area contributed by atoms with Crippen molar-refractivity contribution >= 4 is 5.97 Å². The Labute approximate surface area is 90.5 Å².